The molecule has 3 heterocycles. The van der Waals surface area contributed by atoms with Crippen LogP contribution in [0.25, 0.3) is 0 Å². The maximum Gasteiger partial charge on any atom is 0.222 e. The van der Waals surface area contributed by atoms with E-state index in [0.717, 1.165) is 70.9 Å². The average Bonchev–Trinajstić information content (AvgIpc) is 2.99. The van der Waals surface area contributed by atoms with Crippen molar-refractivity contribution in [3.05, 3.63) is 17.5 Å². The minimum absolute atomic E-state index is 0.309. The largest absolute Gasteiger partial charge is 0.379 e. The Morgan fingerprint density at radius 2 is 1.92 bits per heavy atom. The van der Waals surface area contributed by atoms with Crippen LogP contribution in [0.4, 0.5) is 0 Å². The molecule has 0 bridgehead atoms. The Labute approximate surface area is 157 Å². The number of aryl methyl sites for hydroxylation is 3. The highest BCUT2D eigenvalue weighted by atomic mass is 16.5. The van der Waals surface area contributed by atoms with Crippen molar-refractivity contribution in [1.82, 2.24) is 19.6 Å². The minimum Gasteiger partial charge on any atom is -0.379 e. The van der Waals surface area contributed by atoms with Gasteiger partial charge in [-0.15, -0.1) is 0 Å². The van der Waals surface area contributed by atoms with E-state index in [0.29, 0.717) is 24.3 Å². The molecule has 2 saturated heterocycles. The number of hydrogen-bond acceptors (Lipinski definition) is 4. The molecular formula is C20H34N4O2. The Bertz CT molecular complexity index is 587. The lowest BCUT2D eigenvalue weighted by Gasteiger charge is -2.41. The van der Waals surface area contributed by atoms with Gasteiger partial charge in [0.05, 0.1) is 18.9 Å². The first-order valence-electron chi connectivity index (χ1n) is 10.1. The summed E-state index contributed by atoms with van der Waals surface area (Å²) in [5, 5.41) is 4.47. The van der Waals surface area contributed by atoms with E-state index >= 15 is 0 Å². The molecular weight excluding hydrogens is 328 g/mol. The maximum absolute atomic E-state index is 12.5. The summed E-state index contributed by atoms with van der Waals surface area (Å²) < 4.78 is 7.48. The van der Waals surface area contributed by atoms with Crippen molar-refractivity contribution in [3.8, 4) is 0 Å². The predicted molar refractivity (Wildman–Crippen MR) is 102 cm³/mol. The van der Waals surface area contributed by atoms with Crippen LogP contribution in [-0.2, 0) is 16.1 Å². The molecule has 146 valence electrons. The molecule has 1 atom stereocenters. The number of piperidine rings is 1. The molecule has 0 radical (unpaired) electrons. The molecule has 6 nitrogen and oxygen atoms in total. The van der Waals surface area contributed by atoms with Gasteiger partial charge in [0.15, 0.2) is 0 Å². The molecule has 26 heavy (non-hydrogen) atoms. The summed E-state index contributed by atoms with van der Waals surface area (Å²) in [6.07, 6.45) is 3.75. The van der Waals surface area contributed by atoms with Crippen molar-refractivity contribution in [1.29, 1.82) is 0 Å². The van der Waals surface area contributed by atoms with Gasteiger partial charge < -0.3 is 9.64 Å². The number of amides is 1. The van der Waals surface area contributed by atoms with Crippen LogP contribution >= 0.6 is 0 Å². The average molecular weight is 363 g/mol. The molecule has 2 aliphatic rings. The lowest BCUT2D eigenvalue weighted by molar-refractivity contribution is -0.133. The van der Waals surface area contributed by atoms with Gasteiger partial charge in [-0.2, -0.15) is 5.10 Å². The smallest absolute Gasteiger partial charge is 0.222 e. The number of hydrogen-bond donors (Lipinski definition) is 0. The van der Waals surface area contributed by atoms with Gasteiger partial charge in [-0.25, -0.2) is 0 Å². The molecule has 0 aliphatic carbocycles. The van der Waals surface area contributed by atoms with E-state index in [2.05, 4.69) is 34.8 Å². The monoisotopic (exact) mass is 362 g/mol. The summed E-state index contributed by atoms with van der Waals surface area (Å²) in [7, 11) is 0. The molecule has 0 unspecified atom stereocenters. The number of nitrogens with zero attached hydrogens (tertiary/aromatic N) is 4. The van der Waals surface area contributed by atoms with E-state index in [1.807, 2.05) is 11.6 Å². The highest BCUT2D eigenvalue weighted by molar-refractivity contribution is 5.76. The number of likely N-dealkylation sites (tertiary alicyclic amines) is 1. The maximum atomic E-state index is 12.5. The molecule has 0 aromatic carbocycles. The first-order valence-corrected chi connectivity index (χ1v) is 10.1. The fourth-order valence-electron chi connectivity index (χ4n) is 4.35. The molecule has 6 heteroatoms. The Hall–Kier alpha value is -1.40. The number of morpholine rings is 1. The van der Waals surface area contributed by atoms with E-state index < -0.39 is 0 Å². The Morgan fingerprint density at radius 1 is 1.23 bits per heavy atom. The Kier molecular flexibility index (Phi) is 6.70. The highest BCUT2D eigenvalue weighted by Gasteiger charge is 2.29. The molecule has 3 rings (SSSR count). The molecule has 2 fully saturated rings. The SMILES string of the molecule is Cc1cc(C)n(CCCC(=O)N2CCC([C@@H](C)N3CCOCC3)CC2)n1. The first kappa shape index (κ1) is 19.4. The highest BCUT2D eigenvalue weighted by Crippen LogP contribution is 2.25. The van der Waals surface area contributed by atoms with Gasteiger partial charge in [0.2, 0.25) is 5.91 Å². The third-order valence-corrected chi connectivity index (χ3v) is 6.06. The van der Waals surface area contributed by atoms with Gasteiger partial charge in [0.1, 0.15) is 0 Å². The van der Waals surface area contributed by atoms with E-state index in [1.54, 1.807) is 0 Å². The second-order valence-corrected chi connectivity index (χ2v) is 7.86. The summed E-state index contributed by atoms with van der Waals surface area (Å²) in [5.74, 6) is 1.01. The van der Waals surface area contributed by atoms with Crippen LogP contribution in [0.15, 0.2) is 6.07 Å². The topological polar surface area (TPSA) is 50.6 Å². The van der Waals surface area contributed by atoms with Crippen LogP contribution in [0, 0.1) is 19.8 Å². The molecule has 0 N–H and O–H groups in total. The normalized spacial score (nSPS) is 21.1. The van der Waals surface area contributed by atoms with Gasteiger partial charge in [-0.05, 0) is 52.0 Å². The fourth-order valence-corrected chi connectivity index (χ4v) is 4.35. The van der Waals surface area contributed by atoms with Crippen LogP contribution in [0.2, 0.25) is 0 Å². The number of rotatable bonds is 6. The lowest BCUT2D eigenvalue weighted by Crippen LogP contribution is -2.49. The third-order valence-electron chi connectivity index (χ3n) is 6.06. The Balaban J connectivity index is 1.38. The zero-order valence-electron chi connectivity index (χ0n) is 16.6. The summed E-state index contributed by atoms with van der Waals surface area (Å²) in [6, 6.07) is 2.68. The van der Waals surface area contributed by atoms with E-state index in [4.69, 9.17) is 4.74 Å². The van der Waals surface area contributed by atoms with Crippen molar-refractivity contribution >= 4 is 5.91 Å². The van der Waals surface area contributed by atoms with E-state index in [-0.39, 0.29) is 0 Å². The molecule has 1 aromatic heterocycles. The minimum atomic E-state index is 0.309. The molecule has 0 saturated carbocycles. The van der Waals surface area contributed by atoms with Crippen molar-refractivity contribution in [2.24, 2.45) is 5.92 Å². The molecule has 0 spiro atoms. The summed E-state index contributed by atoms with van der Waals surface area (Å²) in [4.78, 5) is 17.2. The fraction of sp³-hybridized carbons (Fsp3) is 0.800. The number of ether oxygens (including phenoxy) is 1. The molecule has 1 aromatic rings. The van der Waals surface area contributed by atoms with Crippen molar-refractivity contribution in [3.63, 3.8) is 0 Å². The van der Waals surface area contributed by atoms with Crippen LogP contribution < -0.4 is 0 Å². The van der Waals surface area contributed by atoms with Gasteiger partial charge in [-0.3, -0.25) is 14.4 Å². The quantitative estimate of drug-likeness (QED) is 0.779. The zero-order chi connectivity index (χ0) is 18.5. The number of carbonyl (C=O) groups is 1. The van der Waals surface area contributed by atoms with Gasteiger partial charge >= 0.3 is 0 Å². The zero-order valence-corrected chi connectivity index (χ0v) is 16.6. The van der Waals surface area contributed by atoms with Crippen molar-refractivity contribution in [2.75, 3.05) is 39.4 Å². The van der Waals surface area contributed by atoms with Crippen molar-refractivity contribution in [2.45, 2.75) is 59.0 Å². The van der Waals surface area contributed by atoms with E-state index in [1.165, 1.54) is 5.69 Å². The summed E-state index contributed by atoms with van der Waals surface area (Å²) in [5.41, 5.74) is 2.22. The standard InChI is InChI=1S/C20H34N4O2/c1-16-15-17(2)24(21-16)8-4-5-20(25)23-9-6-19(7-10-23)18(3)22-11-13-26-14-12-22/h15,18-19H,4-14H2,1-3H3/t18-/m1/s1. The summed E-state index contributed by atoms with van der Waals surface area (Å²) in [6.45, 7) is 12.9. The summed E-state index contributed by atoms with van der Waals surface area (Å²) >= 11 is 0. The second kappa shape index (κ2) is 9.00. The van der Waals surface area contributed by atoms with Crippen LogP contribution in [-0.4, -0.2) is 70.9 Å². The van der Waals surface area contributed by atoms with Crippen LogP contribution in [0.1, 0.15) is 44.0 Å². The number of aromatic nitrogens is 2. The predicted octanol–water partition coefficient (Wildman–Crippen LogP) is 2.24. The number of carbonyl (C=O) groups excluding carboxylic acids is 1. The van der Waals surface area contributed by atoms with Crippen LogP contribution in [0.5, 0.6) is 0 Å². The van der Waals surface area contributed by atoms with Gasteiger partial charge in [0, 0.05) is 50.9 Å². The molecule has 1 amide bonds. The van der Waals surface area contributed by atoms with Gasteiger partial charge in [-0.1, -0.05) is 0 Å². The Morgan fingerprint density at radius 3 is 2.54 bits per heavy atom. The lowest BCUT2D eigenvalue weighted by atomic mass is 9.89. The second-order valence-electron chi connectivity index (χ2n) is 7.86. The van der Waals surface area contributed by atoms with E-state index in [9.17, 15) is 4.79 Å². The molecule has 2 aliphatic heterocycles. The van der Waals surface area contributed by atoms with Crippen LogP contribution in [0.3, 0.4) is 0 Å². The third kappa shape index (κ3) is 4.86. The van der Waals surface area contributed by atoms with Gasteiger partial charge in [0.25, 0.3) is 0 Å². The first-order chi connectivity index (χ1) is 12.5. The van der Waals surface area contributed by atoms with Crippen molar-refractivity contribution < 1.29 is 9.53 Å².